The van der Waals surface area contributed by atoms with E-state index in [1.807, 2.05) is 6.08 Å². The molecular weight excluding hydrogens is 168 g/mol. The molecule has 0 radical (unpaired) electrons. The van der Waals surface area contributed by atoms with Crippen LogP contribution in [0.1, 0.15) is 36.5 Å². The van der Waals surface area contributed by atoms with E-state index in [1.165, 1.54) is 23.1 Å². The van der Waals surface area contributed by atoms with Gasteiger partial charge in [0.25, 0.3) is 0 Å². The summed E-state index contributed by atoms with van der Waals surface area (Å²) >= 11 is 0. The molecule has 1 rings (SSSR count). The molecule has 0 atom stereocenters. The Bertz CT molecular complexity index is 332. The van der Waals surface area contributed by atoms with E-state index >= 15 is 0 Å². The average molecular weight is 186 g/mol. The molecule has 0 heteroatoms. The molecular formula is C14H18. The lowest BCUT2D eigenvalue weighted by Crippen LogP contribution is -1.82. The van der Waals surface area contributed by atoms with Gasteiger partial charge in [-0.1, -0.05) is 61.9 Å². The Balaban J connectivity index is 2.92. The highest BCUT2D eigenvalue weighted by molar-refractivity contribution is 5.65. The first-order chi connectivity index (χ1) is 6.77. The zero-order valence-corrected chi connectivity index (χ0v) is 9.09. The van der Waals surface area contributed by atoms with Gasteiger partial charge in [0, 0.05) is 0 Å². The van der Waals surface area contributed by atoms with Crippen LogP contribution >= 0.6 is 0 Å². The molecule has 0 saturated heterocycles. The fourth-order valence-electron chi connectivity index (χ4n) is 1.40. The number of benzene rings is 1. The van der Waals surface area contributed by atoms with Crippen molar-refractivity contribution in [1.29, 1.82) is 0 Å². The van der Waals surface area contributed by atoms with Gasteiger partial charge in [0.1, 0.15) is 0 Å². The maximum Gasteiger partial charge on any atom is -0.0185 e. The Kier molecular flexibility index (Phi) is 4.18. The van der Waals surface area contributed by atoms with Crippen molar-refractivity contribution < 1.29 is 0 Å². The van der Waals surface area contributed by atoms with Crippen molar-refractivity contribution in [1.82, 2.24) is 0 Å². The van der Waals surface area contributed by atoms with Gasteiger partial charge in [0.05, 0.1) is 0 Å². The highest BCUT2D eigenvalue weighted by Gasteiger charge is 1.94. The minimum Gasteiger partial charge on any atom is -0.0984 e. The van der Waals surface area contributed by atoms with Crippen LogP contribution in [0.3, 0.4) is 0 Å². The Morgan fingerprint density at radius 2 is 2.07 bits per heavy atom. The number of rotatable bonds is 4. The summed E-state index contributed by atoms with van der Waals surface area (Å²) in [6.45, 7) is 8.12. The Hall–Kier alpha value is -1.30. The lowest BCUT2D eigenvalue weighted by Gasteiger charge is -2.02. The fraction of sp³-hybridized carbons (Fsp3) is 0.286. The zero-order chi connectivity index (χ0) is 10.4. The monoisotopic (exact) mass is 186 g/mol. The summed E-state index contributed by atoms with van der Waals surface area (Å²) in [6.07, 6.45) is 8.66. The van der Waals surface area contributed by atoms with Crippen LogP contribution in [0.25, 0.3) is 12.2 Å². The van der Waals surface area contributed by atoms with Crippen molar-refractivity contribution in [3.8, 4) is 0 Å². The van der Waals surface area contributed by atoms with E-state index in [4.69, 9.17) is 0 Å². The third kappa shape index (κ3) is 2.88. The van der Waals surface area contributed by atoms with E-state index in [0.29, 0.717) is 0 Å². The minimum atomic E-state index is 1.14. The van der Waals surface area contributed by atoms with Crippen molar-refractivity contribution >= 4 is 12.2 Å². The standard InChI is InChI=1S/C14H18/c1-4-6-7-8-14-11-12(3)9-10-13(14)5-2/h5,7-11H,2,4,6H2,1,3H3/b8-7-. The largest absolute Gasteiger partial charge is 0.0984 e. The molecule has 0 aliphatic heterocycles. The molecule has 0 nitrogen and oxygen atoms in total. The number of allylic oxidation sites excluding steroid dienone is 1. The van der Waals surface area contributed by atoms with Crippen molar-refractivity contribution in [3.05, 3.63) is 47.5 Å². The molecule has 0 aliphatic carbocycles. The Morgan fingerprint density at radius 1 is 1.29 bits per heavy atom. The second-order valence-electron chi connectivity index (χ2n) is 3.53. The van der Waals surface area contributed by atoms with Gasteiger partial charge in [0.15, 0.2) is 0 Å². The normalized spacial score (nSPS) is 10.7. The molecule has 0 fully saturated rings. The van der Waals surface area contributed by atoms with Gasteiger partial charge in [0.2, 0.25) is 0 Å². The number of unbranched alkanes of at least 4 members (excludes halogenated alkanes) is 1. The van der Waals surface area contributed by atoms with Crippen LogP contribution in [0.4, 0.5) is 0 Å². The second kappa shape index (κ2) is 5.43. The van der Waals surface area contributed by atoms with Gasteiger partial charge in [-0.05, 0) is 24.5 Å². The molecule has 14 heavy (non-hydrogen) atoms. The van der Waals surface area contributed by atoms with Gasteiger partial charge >= 0.3 is 0 Å². The average Bonchev–Trinajstić information content (AvgIpc) is 2.19. The molecule has 74 valence electrons. The second-order valence-corrected chi connectivity index (χ2v) is 3.53. The minimum absolute atomic E-state index is 1.14. The van der Waals surface area contributed by atoms with Crippen molar-refractivity contribution in [2.75, 3.05) is 0 Å². The van der Waals surface area contributed by atoms with Crippen molar-refractivity contribution in [3.63, 3.8) is 0 Å². The van der Waals surface area contributed by atoms with Crippen molar-refractivity contribution in [2.24, 2.45) is 0 Å². The molecule has 0 aliphatic rings. The van der Waals surface area contributed by atoms with Crippen LogP contribution in [0.15, 0.2) is 30.9 Å². The van der Waals surface area contributed by atoms with Crippen LogP contribution in [0.2, 0.25) is 0 Å². The van der Waals surface area contributed by atoms with Crippen molar-refractivity contribution in [2.45, 2.75) is 26.7 Å². The molecule has 0 N–H and O–H groups in total. The number of hydrogen-bond acceptors (Lipinski definition) is 0. The molecule has 0 saturated carbocycles. The van der Waals surface area contributed by atoms with E-state index in [2.05, 4.69) is 50.8 Å². The van der Waals surface area contributed by atoms with Gasteiger partial charge in [-0.3, -0.25) is 0 Å². The third-order valence-electron chi connectivity index (χ3n) is 2.21. The van der Waals surface area contributed by atoms with Gasteiger partial charge in [-0.15, -0.1) is 0 Å². The van der Waals surface area contributed by atoms with E-state index in [9.17, 15) is 0 Å². The van der Waals surface area contributed by atoms with Crippen LogP contribution in [0, 0.1) is 6.92 Å². The summed E-state index contributed by atoms with van der Waals surface area (Å²) in [5.41, 5.74) is 3.78. The maximum atomic E-state index is 3.82. The maximum absolute atomic E-state index is 3.82. The predicted octanol–water partition coefficient (Wildman–Crippen LogP) is 4.45. The van der Waals surface area contributed by atoms with Gasteiger partial charge < -0.3 is 0 Å². The summed E-state index contributed by atoms with van der Waals surface area (Å²) < 4.78 is 0. The topological polar surface area (TPSA) is 0 Å². The highest BCUT2D eigenvalue weighted by Crippen LogP contribution is 2.15. The Labute approximate surface area is 87.0 Å². The quantitative estimate of drug-likeness (QED) is 0.651. The molecule has 0 amide bonds. The van der Waals surface area contributed by atoms with Gasteiger partial charge in [-0.2, -0.15) is 0 Å². The Morgan fingerprint density at radius 3 is 2.71 bits per heavy atom. The molecule has 0 heterocycles. The first-order valence-electron chi connectivity index (χ1n) is 5.17. The lowest BCUT2D eigenvalue weighted by molar-refractivity contribution is 0.962. The van der Waals surface area contributed by atoms with E-state index in [1.54, 1.807) is 0 Å². The smallest absolute Gasteiger partial charge is 0.0185 e. The van der Waals surface area contributed by atoms with Crippen LogP contribution in [0.5, 0.6) is 0 Å². The highest BCUT2D eigenvalue weighted by atomic mass is 14.0. The van der Waals surface area contributed by atoms with E-state index in [0.717, 1.165) is 6.42 Å². The molecule has 0 unspecified atom stereocenters. The molecule has 1 aromatic rings. The first-order valence-corrected chi connectivity index (χ1v) is 5.17. The molecule has 0 spiro atoms. The predicted molar refractivity (Wildman–Crippen MR) is 65.2 cm³/mol. The first kappa shape index (κ1) is 10.8. The summed E-state index contributed by atoms with van der Waals surface area (Å²) in [4.78, 5) is 0. The van der Waals surface area contributed by atoms with Crippen LogP contribution in [-0.2, 0) is 0 Å². The van der Waals surface area contributed by atoms with Gasteiger partial charge in [-0.25, -0.2) is 0 Å². The third-order valence-corrected chi connectivity index (χ3v) is 2.21. The number of hydrogen-bond donors (Lipinski definition) is 0. The van der Waals surface area contributed by atoms with E-state index in [-0.39, 0.29) is 0 Å². The molecule has 1 aromatic carbocycles. The van der Waals surface area contributed by atoms with Crippen LogP contribution < -0.4 is 0 Å². The summed E-state index contributed by atoms with van der Waals surface area (Å²) in [5.74, 6) is 0. The number of aryl methyl sites for hydroxylation is 1. The zero-order valence-electron chi connectivity index (χ0n) is 9.09. The summed E-state index contributed by atoms with van der Waals surface area (Å²) in [5, 5.41) is 0. The fourth-order valence-corrected chi connectivity index (χ4v) is 1.40. The SMILES string of the molecule is C=Cc1ccc(C)cc1/C=C\CCC. The summed E-state index contributed by atoms with van der Waals surface area (Å²) in [6, 6.07) is 6.44. The summed E-state index contributed by atoms with van der Waals surface area (Å²) in [7, 11) is 0. The molecule has 0 aromatic heterocycles. The molecule has 0 bridgehead atoms. The van der Waals surface area contributed by atoms with E-state index < -0.39 is 0 Å². The lowest BCUT2D eigenvalue weighted by atomic mass is 10.0. The van der Waals surface area contributed by atoms with Crippen LogP contribution in [-0.4, -0.2) is 0 Å².